The number of unbranched alkanes of at least 4 members (excludes halogenated alkanes) is 6. The Morgan fingerprint density at radius 1 is 0.656 bits per heavy atom. The van der Waals surface area contributed by atoms with Crippen LogP contribution in [0, 0.1) is 0 Å². The predicted octanol–water partition coefficient (Wildman–Crippen LogP) is 7.97. The van der Waals surface area contributed by atoms with E-state index in [2.05, 4.69) is 43.1 Å². The first-order chi connectivity index (χ1) is 15.8. The molecule has 3 heteroatoms. The monoisotopic (exact) mass is 430 g/mol. The van der Waals surface area contributed by atoms with E-state index in [0.717, 1.165) is 29.3 Å². The summed E-state index contributed by atoms with van der Waals surface area (Å²) < 4.78 is 5.99. The minimum Gasteiger partial charge on any atom is -0.489 e. The van der Waals surface area contributed by atoms with E-state index in [0.29, 0.717) is 6.61 Å². The molecule has 3 nitrogen and oxygen atoms in total. The van der Waals surface area contributed by atoms with Crippen LogP contribution < -0.4 is 4.74 Å². The third-order valence-corrected chi connectivity index (χ3v) is 5.86. The molecule has 0 N–H and O–H groups in total. The first-order valence-electron chi connectivity index (χ1n) is 12.4. The Bertz CT molecular complexity index is 903. The van der Waals surface area contributed by atoms with Crippen molar-refractivity contribution in [3.63, 3.8) is 0 Å². The standard InChI is InChI=1S/C29H38N2O/c1-3-5-7-8-10-12-27-21-22-30-29(31-27)26-17-19-28(20-18-26)32-23-25-15-13-24(14-16-25)11-9-6-4-2/h13-22H,3-12,23H2,1-2H3. The van der Waals surface area contributed by atoms with Crippen molar-refractivity contribution in [3.05, 3.63) is 77.6 Å². The maximum absolute atomic E-state index is 5.99. The van der Waals surface area contributed by atoms with Crippen molar-refractivity contribution in [1.82, 2.24) is 9.97 Å². The van der Waals surface area contributed by atoms with Gasteiger partial charge < -0.3 is 4.74 Å². The fourth-order valence-corrected chi connectivity index (χ4v) is 3.83. The molecule has 0 unspecified atom stereocenters. The number of hydrogen-bond donors (Lipinski definition) is 0. The molecule has 1 heterocycles. The average molecular weight is 431 g/mol. The Balaban J connectivity index is 1.49. The fourth-order valence-electron chi connectivity index (χ4n) is 3.83. The molecule has 0 atom stereocenters. The first-order valence-corrected chi connectivity index (χ1v) is 12.4. The summed E-state index contributed by atoms with van der Waals surface area (Å²) in [4.78, 5) is 9.24. The molecule has 0 aliphatic carbocycles. The summed E-state index contributed by atoms with van der Waals surface area (Å²) in [5.74, 6) is 1.66. The van der Waals surface area contributed by atoms with Crippen LogP contribution in [-0.2, 0) is 19.4 Å². The van der Waals surface area contributed by atoms with Crippen LogP contribution in [0.5, 0.6) is 5.75 Å². The Hall–Kier alpha value is -2.68. The molecule has 2 aromatic carbocycles. The number of ether oxygens (including phenoxy) is 1. The summed E-state index contributed by atoms with van der Waals surface area (Å²) in [6.07, 6.45) is 14.3. The number of nitrogens with zero attached hydrogens (tertiary/aromatic N) is 2. The Labute approximate surface area is 194 Å². The van der Waals surface area contributed by atoms with Crippen molar-refractivity contribution in [2.75, 3.05) is 0 Å². The van der Waals surface area contributed by atoms with E-state index in [1.807, 2.05) is 36.5 Å². The van der Waals surface area contributed by atoms with Crippen LogP contribution >= 0.6 is 0 Å². The van der Waals surface area contributed by atoms with E-state index in [-0.39, 0.29) is 0 Å². The van der Waals surface area contributed by atoms with Crippen molar-refractivity contribution in [3.8, 4) is 17.1 Å². The topological polar surface area (TPSA) is 35.0 Å². The predicted molar refractivity (Wildman–Crippen MR) is 134 cm³/mol. The fraction of sp³-hybridized carbons (Fsp3) is 0.448. The SMILES string of the molecule is CCCCCCCc1ccnc(-c2ccc(OCc3ccc(CCCCC)cc3)cc2)n1. The Morgan fingerprint density at radius 2 is 1.31 bits per heavy atom. The lowest BCUT2D eigenvalue weighted by molar-refractivity contribution is 0.306. The van der Waals surface area contributed by atoms with Gasteiger partial charge in [0.1, 0.15) is 12.4 Å². The lowest BCUT2D eigenvalue weighted by Crippen LogP contribution is -1.97. The van der Waals surface area contributed by atoms with Gasteiger partial charge in [0.05, 0.1) is 0 Å². The van der Waals surface area contributed by atoms with Gasteiger partial charge in [0.2, 0.25) is 0 Å². The van der Waals surface area contributed by atoms with Crippen molar-refractivity contribution in [2.24, 2.45) is 0 Å². The summed E-state index contributed by atoms with van der Waals surface area (Å²) in [7, 11) is 0. The van der Waals surface area contributed by atoms with Gasteiger partial charge in [-0.2, -0.15) is 0 Å². The van der Waals surface area contributed by atoms with E-state index >= 15 is 0 Å². The second-order valence-corrected chi connectivity index (χ2v) is 8.62. The quantitative estimate of drug-likeness (QED) is 0.243. The van der Waals surface area contributed by atoms with Crippen molar-refractivity contribution >= 4 is 0 Å². The van der Waals surface area contributed by atoms with Crippen molar-refractivity contribution in [1.29, 1.82) is 0 Å². The van der Waals surface area contributed by atoms with Gasteiger partial charge in [-0.15, -0.1) is 0 Å². The van der Waals surface area contributed by atoms with Crippen LogP contribution in [0.4, 0.5) is 0 Å². The Kier molecular flexibility index (Phi) is 10.2. The highest BCUT2D eigenvalue weighted by molar-refractivity contribution is 5.56. The third kappa shape index (κ3) is 8.11. The number of hydrogen-bond acceptors (Lipinski definition) is 3. The lowest BCUT2D eigenvalue weighted by atomic mass is 10.1. The molecule has 0 aliphatic rings. The van der Waals surface area contributed by atoms with Gasteiger partial charge in [-0.3, -0.25) is 0 Å². The molecule has 0 amide bonds. The molecule has 0 spiro atoms. The number of rotatable bonds is 14. The van der Waals surface area contributed by atoms with Gasteiger partial charge in [0.15, 0.2) is 5.82 Å². The molecule has 0 radical (unpaired) electrons. The summed E-state index contributed by atoms with van der Waals surface area (Å²) in [5, 5.41) is 0. The van der Waals surface area contributed by atoms with Crippen LogP contribution in [0.2, 0.25) is 0 Å². The van der Waals surface area contributed by atoms with Gasteiger partial charge >= 0.3 is 0 Å². The molecule has 0 aliphatic heterocycles. The van der Waals surface area contributed by atoms with Crippen LogP contribution in [0.15, 0.2) is 60.8 Å². The molecule has 0 saturated carbocycles. The van der Waals surface area contributed by atoms with Gasteiger partial charge in [-0.25, -0.2) is 9.97 Å². The molecule has 0 saturated heterocycles. The highest BCUT2D eigenvalue weighted by atomic mass is 16.5. The van der Waals surface area contributed by atoms with Crippen LogP contribution in [0.25, 0.3) is 11.4 Å². The van der Waals surface area contributed by atoms with E-state index in [1.165, 1.54) is 68.9 Å². The van der Waals surface area contributed by atoms with Gasteiger partial charge in [0.25, 0.3) is 0 Å². The summed E-state index contributed by atoms with van der Waals surface area (Å²) in [6, 6.07) is 19.0. The summed E-state index contributed by atoms with van der Waals surface area (Å²) in [6.45, 7) is 5.08. The first kappa shape index (κ1) is 24.0. The van der Waals surface area contributed by atoms with Gasteiger partial charge in [-0.1, -0.05) is 76.6 Å². The second kappa shape index (κ2) is 13.7. The van der Waals surface area contributed by atoms with Crippen LogP contribution in [0.3, 0.4) is 0 Å². The zero-order chi connectivity index (χ0) is 22.4. The molecular weight excluding hydrogens is 392 g/mol. The smallest absolute Gasteiger partial charge is 0.159 e. The van der Waals surface area contributed by atoms with Crippen molar-refractivity contribution < 1.29 is 4.74 Å². The summed E-state index contributed by atoms with van der Waals surface area (Å²) >= 11 is 0. The van der Waals surface area contributed by atoms with Gasteiger partial charge in [0, 0.05) is 17.5 Å². The Morgan fingerprint density at radius 3 is 2.06 bits per heavy atom. The van der Waals surface area contributed by atoms with E-state index < -0.39 is 0 Å². The number of benzene rings is 2. The van der Waals surface area contributed by atoms with E-state index in [4.69, 9.17) is 9.72 Å². The molecule has 3 aromatic rings. The third-order valence-electron chi connectivity index (χ3n) is 5.86. The van der Waals surface area contributed by atoms with Gasteiger partial charge in [-0.05, 0) is 67.1 Å². The molecule has 170 valence electrons. The normalized spacial score (nSPS) is 10.9. The molecule has 0 fully saturated rings. The second-order valence-electron chi connectivity index (χ2n) is 8.62. The molecule has 32 heavy (non-hydrogen) atoms. The molecule has 3 rings (SSSR count). The molecule has 0 bridgehead atoms. The highest BCUT2D eigenvalue weighted by Gasteiger charge is 2.05. The maximum Gasteiger partial charge on any atom is 0.159 e. The zero-order valence-corrected chi connectivity index (χ0v) is 19.9. The molecule has 1 aromatic heterocycles. The number of aromatic nitrogens is 2. The highest BCUT2D eigenvalue weighted by Crippen LogP contribution is 2.21. The maximum atomic E-state index is 5.99. The van der Waals surface area contributed by atoms with Crippen molar-refractivity contribution in [2.45, 2.75) is 84.7 Å². The summed E-state index contributed by atoms with van der Waals surface area (Å²) in [5.41, 5.74) is 4.77. The van der Waals surface area contributed by atoms with E-state index in [9.17, 15) is 0 Å². The van der Waals surface area contributed by atoms with Crippen LogP contribution in [-0.4, -0.2) is 9.97 Å². The molecular formula is C29H38N2O. The van der Waals surface area contributed by atoms with Crippen LogP contribution in [0.1, 0.15) is 82.0 Å². The van der Waals surface area contributed by atoms with E-state index in [1.54, 1.807) is 0 Å². The number of aryl methyl sites for hydroxylation is 2. The zero-order valence-electron chi connectivity index (χ0n) is 19.9. The largest absolute Gasteiger partial charge is 0.489 e. The average Bonchev–Trinajstić information content (AvgIpc) is 2.84. The minimum atomic E-state index is 0.582. The minimum absolute atomic E-state index is 0.582. The lowest BCUT2D eigenvalue weighted by Gasteiger charge is -2.09.